The Labute approximate surface area is 232 Å². The fourth-order valence-corrected chi connectivity index (χ4v) is 7.39. The lowest BCUT2D eigenvalue weighted by Crippen LogP contribution is -2.39. The van der Waals surface area contributed by atoms with Crippen LogP contribution in [0, 0.1) is 30.5 Å². The summed E-state index contributed by atoms with van der Waals surface area (Å²) < 4.78 is 44.4. The maximum atomic E-state index is 14.7. The predicted molar refractivity (Wildman–Crippen MR) is 149 cm³/mol. The number of aliphatic carboxylic acids is 1. The first kappa shape index (κ1) is 26.7. The molecule has 1 saturated carbocycles. The highest BCUT2D eigenvalue weighted by molar-refractivity contribution is 7.91. The molecule has 40 heavy (non-hydrogen) atoms. The van der Waals surface area contributed by atoms with Gasteiger partial charge in [0, 0.05) is 48.0 Å². The SMILES string of the molecule is Cc1nc(N2CCC(C(N)S(C)(=O)=O)C2)ccc1-c1ccc(F)c(COc2ccc3c(c2)C[C@H]2[C@H](C(=O)O)[C@@H]32)c1. The third kappa shape index (κ3) is 4.83. The first-order valence-electron chi connectivity index (χ1n) is 13.5. The molecule has 2 aromatic carbocycles. The standard InChI is InChI=1S/C30H32FN3O5S/c1-16-22(6-8-26(33-16)34-10-9-18(14-34)29(32)40(2,37)38)17-3-7-25(31)20(11-17)15-39-21-4-5-23-19(12-21)13-24-27(23)28(24)30(35)36/h3-8,11-12,18,24,27-29H,9-10,13-15,32H2,1-2H3,(H,35,36)/t18?,24-,27+,28+,29?/m1/s1. The Morgan fingerprint density at radius 1 is 1.23 bits per heavy atom. The minimum absolute atomic E-state index is 0.0589. The van der Waals surface area contributed by atoms with Crippen molar-refractivity contribution in [2.45, 2.75) is 37.7 Å². The van der Waals surface area contributed by atoms with E-state index in [1.807, 2.05) is 37.3 Å². The molecule has 2 unspecified atom stereocenters. The lowest BCUT2D eigenvalue weighted by atomic mass is 10.0. The molecule has 10 heteroatoms. The molecule has 2 aliphatic carbocycles. The van der Waals surface area contributed by atoms with Crippen molar-refractivity contribution in [2.75, 3.05) is 24.2 Å². The fraction of sp³-hybridized carbons (Fsp3) is 0.400. The number of nitrogens with two attached hydrogens (primary N) is 1. The molecular formula is C30H32FN3O5S. The molecule has 0 amide bonds. The van der Waals surface area contributed by atoms with Crippen LogP contribution in [0.3, 0.4) is 0 Å². The Morgan fingerprint density at radius 2 is 2.02 bits per heavy atom. The molecule has 2 heterocycles. The van der Waals surface area contributed by atoms with Gasteiger partial charge in [0.1, 0.15) is 29.4 Å². The number of carboxylic acids is 1. The highest BCUT2D eigenvalue weighted by Crippen LogP contribution is 2.61. The highest BCUT2D eigenvalue weighted by atomic mass is 32.2. The van der Waals surface area contributed by atoms with Crippen LogP contribution in [-0.4, -0.2) is 49.2 Å². The molecule has 1 aliphatic heterocycles. The van der Waals surface area contributed by atoms with Gasteiger partial charge in [-0.15, -0.1) is 0 Å². The Kier molecular flexibility index (Phi) is 6.58. The second kappa shape index (κ2) is 9.85. The number of aryl methyl sites for hydroxylation is 1. The number of sulfone groups is 1. The molecule has 0 spiro atoms. The van der Waals surface area contributed by atoms with E-state index in [-0.39, 0.29) is 36.1 Å². The summed E-state index contributed by atoms with van der Waals surface area (Å²) >= 11 is 0. The lowest BCUT2D eigenvalue weighted by Gasteiger charge is -2.21. The maximum Gasteiger partial charge on any atom is 0.307 e. The van der Waals surface area contributed by atoms with Crippen LogP contribution in [0.4, 0.5) is 10.2 Å². The van der Waals surface area contributed by atoms with Crippen LogP contribution in [-0.2, 0) is 27.7 Å². The summed E-state index contributed by atoms with van der Waals surface area (Å²) in [7, 11) is -3.31. The van der Waals surface area contributed by atoms with Crippen molar-refractivity contribution in [1.29, 1.82) is 0 Å². The molecule has 3 aliphatic rings. The summed E-state index contributed by atoms with van der Waals surface area (Å²) in [5, 5.41) is 8.44. The van der Waals surface area contributed by atoms with Crippen molar-refractivity contribution < 1.29 is 27.4 Å². The topological polar surface area (TPSA) is 123 Å². The van der Waals surface area contributed by atoms with Crippen molar-refractivity contribution in [3.8, 4) is 16.9 Å². The van der Waals surface area contributed by atoms with Crippen molar-refractivity contribution in [3.63, 3.8) is 0 Å². The summed E-state index contributed by atoms with van der Waals surface area (Å²) in [6.45, 7) is 3.17. The first-order valence-corrected chi connectivity index (χ1v) is 15.4. The van der Waals surface area contributed by atoms with Gasteiger partial charge in [0.15, 0.2) is 9.84 Å². The second-order valence-corrected chi connectivity index (χ2v) is 13.5. The number of carbonyl (C=O) groups is 1. The molecule has 6 rings (SSSR count). The maximum absolute atomic E-state index is 14.7. The molecule has 3 aromatic rings. The zero-order valence-electron chi connectivity index (χ0n) is 22.4. The number of rotatable bonds is 8. The van der Waals surface area contributed by atoms with Crippen molar-refractivity contribution in [1.82, 2.24) is 4.98 Å². The van der Waals surface area contributed by atoms with Crippen LogP contribution in [0.2, 0.25) is 0 Å². The van der Waals surface area contributed by atoms with E-state index in [4.69, 9.17) is 15.5 Å². The summed E-state index contributed by atoms with van der Waals surface area (Å²) in [6, 6.07) is 14.5. The van der Waals surface area contributed by atoms with Gasteiger partial charge in [0.2, 0.25) is 0 Å². The molecule has 3 N–H and O–H groups in total. The van der Waals surface area contributed by atoms with Crippen LogP contribution < -0.4 is 15.4 Å². The zero-order valence-corrected chi connectivity index (χ0v) is 23.2. The Balaban J connectivity index is 1.14. The van der Waals surface area contributed by atoms with Crippen LogP contribution in [0.25, 0.3) is 11.1 Å². The monoisotopic (exact) mass is 565 g/mol. The number of anilines is 1. The van der Waals surface area contributed by atoms with Crippen molar-refractivity contribution >= 4 is 21.6 Å². The van der Waals surface area contributed by atoms with E-state index < -0.39 is 21.2 Å². The summed E-state index contributed by atoms with van der Waals surface area (Å²) in [5.41, 5.74) is 11.1. The van der Waals surface area contributed by atoms with Gasteiger partial charge in [-0.25, -0.2) is 17.8 Å². The average Bonchev–Trinajstić information content (AvgIpc) is 3.23. The predicted octanol–water partition coefficient (Wildman–Crippen LogP) is 3.90. The van der Waals surface area contributed by atoms with E-state index in [1.165, 1.54) is 12.3 Å². The molecular weight excluding hydrogens is 533 g/mol. The number of aromatic nitrogens is 1. The molecule has 2 fully saturated rings. The summed E-state index contributed by atoms with van der Waals surface area (Å²) in [6.07, 6.45) is 2.60. The normalized spacial score (nSPS) is 23.9. The largest absolute Gasteiger partial charge is 0.489 e. The molecule has 1 saturated heterocycles. The van der Waals surface area contributed by atoms with E-state index in [0.29, 0.717) is 30.8 Å². The Hall–Kier alpha value is -3.50. The van der Waals surface area contributed by atoms with E-state index in [2.05, 4.69) is 4.90 Å². The van der Waals surface area contributed by atoms with Crippen LogP contribution >= 0.6 is 0 Å². The van der Waals surface area contributed by atoms with Gasteiger partial charge >= 0.3 is 5.97 Å². The summed E-state index contributed by atoms with van der Waals surface area (Å²) in [5.74, 6) is 0.187. The van der Waals surface area contributed by atoms with Gasteiger partial charge in [-0.05, 0) is 78.8 Å². The average molecular weight is 566 g/mol. The molecule has 0 radical (unpaired) electrons. The minimum Gasteiger partial charge on any atom is -0.489 e. The molecule has 1 aromatic heterocycles. The van der Waals surface area contributed by atoms with Crippen molar-refractivity contribution in [2.24, 2.45) is 23.5 Å². The Bertz CT molecular complexity index is 1610. The number of carboxylic acid groups (broad SMARTS) is 1. The third-order valence-corrected chi connectivity index (χ3v) is 10.1. The number of pyridine rings is 1. The number of benzene rings is 2. The van der Waals surface area contributed by atoms with Gasteiger partial charge in [0.05, 0.1) is 5.92 Å². The number of hydrogen-bond acceptors (Lipinski definition) is 7. The van der Waals surface area contributed by atoms with Crippen LogP contribution in [0.1, 0.15) is 34.7 Å². The minimum atomic E-state index is -3.31. The number of fused-ring (bicyclic) bond motifs is 3. The molecule has 210 valence electrons. The van der Waals surface area contributed by atoms with Crippen LogP contribution in [0.5, 0.6) is 5.75 Å². The second-order valence-electron chi connectivity index (χ2n) is 11.3. The zero-order chi connectivity index (χ0) is 28.3. The van der Waals surface area contributed by atoms with Gasteiger partial charge in [0.25, 0.3) is 0 Å². The van der Waals surface area contributed by atoms with Gasteiger partial charge in [-0.3, -0.25) is 4.79 Å². The number of nitrogens with zero attached hydrogens (tertiary/aromatic N) is 2. The number of ether oxygens (including phenoxy) is 1. The lowest BCUT2D eigenvalue weighted by molar-refractivity contribution is -0.139. The fourth-order valence-electron chi connectivity index (χ4n) is 6.47. The van der Waals surface area contributed by atoms with Crippen molar-refractivity contribution in [3.05, 3.63) is 76.7 Å². The van der Waals surface area contributed by atoms with Gasteiger partial charge in [-0.2, -0.15) is 0 Å². The number of halogens is 1. The third-order valence-electron chi connectivity index (χ3n) is 8.71. The van der Waals surface area contributed by atoms with Gasteiger partial charge < -0.3 is 20.5 Å². The first-order chi connectivity index (χ1) is 19.0. The summed E-state index contributed by atoms with van der Waals surface area (Å²) in [4.78, 5) is 18.2. The van der Waals surface area contributed by atoms with Gasteiger partial charge in [-0.1, -0.05) is 12.1 Å². The smallest absolute Gasteiger partial charge is 0.307 e. The Morgan fingerprint density at radius 3 is 2.75 bits per heavy atom. The number of hydrogen-bond donors (Lipinski definition) is 2. The van der Waals surface area contributed by atoms with E-state index in [9.17, 15) is 22.7 Å². The van der Waals surface area contributed by atoms with Crippen LogP contribution in [0.15, 0.2) is 48.5 Å². The molecule has 8 nitrogen and oxygen atoms in total. The van der Waals surface area contributed by atoms with E-state index in [0.717, 1.165) is 40.2 Å². The van der Waals surface area contributed by atoms with E-state index >= 15 is 0 Å². The van der Waals surface area contributed by atoms with E-state index in [1.54, 1.807) is 12.1 Å². The molecule has 5 atom stereocenters. The molecule has 0 bridgehead atoms. The highest BCUT2D eigenvalue weighted by Gasteiger charge is 2.59. The quantitative estimate of drug-likeness (QED) is 0.422.